The number of hydrogen-bond acceptors (Lipinski definition) is 9. The Morgan fingerprint density at radius 1 is 0.891 bits per heavy atom. The molecule has 1 N–H and O–H groups in total. The van der Waals surface area contributed by atoms with Gasteiger partial charge in [0.15, 0.2) is 11.6 Å². The lowest BCUT2D eigenvalue weighted by Gasteiger charge is -2.35. The van der Waals surface area contributed by atoms with Crippen molar-refractivity contribution in [2.45, 2.75) is 60.0 Å². The molecule has 9 nitrogen and oxygen atoms in total. The first-order valence-corrected chi connectivity index (χ1v) is 17.0. The van der Waals surface area contributed by atoms with Crippen molar-refractivity contribution >= 4 is 35.4 Å². The van der Waals surface area contributed by atoms with Crippen LogP contribution >= 0.6 is 12.6 Å². The summed E-state index contributed by atoms with van der Waals surface area (Å²) in [4.78, 5) is 25.2. The van der Waals surface area contributed by atoms with Gasteiger partial charge in [-0.25, -0.2) is 28.7 Å². The van der Waals surface area contributed by atoms with Gasteiger partial charge in [0, 0.05) is 75.6 Å². The number of aromatic nitrogens is 5. The van der Waals surface area contributed by atoms with Crippen LogP contribution in [0.2, 0.25) is 0 Å². The van der Waals surface area contributed by atoms with Crippen LogP contribution in [0.4, 0.5) is 20.5 Å². The highest BCUT2D eigenvalue weighted by Crippen LogP contribution is 2.32. The predicted molar refractivity (Wildman–Crippen MR) is 187 cm³/mol. The van der Waals surface area contributed by atoms with Crippen LogP contribution in [0.25, 0.3) is 22.3 Å². The lowest BCUT2D eigenvalue weighted by atomic mass is 10.1. The van der Waals surface area contributed by atoms with Gasteiger partial charge in [-0.2, -0.15) is 12.6 Å². The van der Waals surface area contributed by atoms with E-state index in [1.165, 1.54) is 11.6 Å². The summed E-state index contributed by atoms with van der Waals surface area (Å²) < 4.78 is 32.1. The van der Waals surface area contributed by atoms with E-state index in [0.29, 0.717) is 22.7 Å². The Morgan fingerprint density at radius 3 is 2.28 bits per heavy atom. The van der Waals surface area contributed by atoms with Gasteiger partial charge in [-0.15, -0.1) is 0 Å². The van der Waals surface area contributed by atoms with Gasteiger partial charge in [0.05, 0.1) is 11.7 Å². The molecule has 0 unspecified atom stereocenters. The van der Waals surface area contributed by atoms with Gasteiger partial charge in [-0.05, 0) is 64.8 Å². The van der Waals surface area contributed by atoms with Crippen LogP contribution in [-0.4, -0.2) is 98.3 Å². The molecule has 46 heavy (non-hydrogen) atoms. The molecule has 0 saturated carbocycles. The van der Waals surface area contributed by atoms with Crippen molar-refractivity contribution in [3.8, 4) is 11.3 Å². The SMILES string of the molecule is CC.CS.Cc1nc2c(F)cc(-c3nc(Nc4ccc5c(n4)CCN(CCN4CCN(C)CC4)C5)ncc3F)cc2n1C(C)(C)C. The molecule has 0 spiro atoms. The zero-order valence-electron chi connectivity index (χ0n) is 28.5. The Kier molecular flexibility index (Phi) is 12.1. The van der Waals surface area contributed by atoms with Crippen LogP contribution in [0.5, 0.6) is 0 Å². The summed E-state index contributed by atoms with van der Waals surface area (Å²) in [5, 5.41) is 3.13. The molecule has 0 radical (unpaired) electrons. The van der Waals surface area contributed by atoms with Crippen LogP contribution in [0, 0.1) is 18.6 Å². The molecule has 0 atom stereocenters. The second-order valence-electron chi connectivity index (χ2n) is 12.5. The van der Waals surface area contributed by atoms with Crippen LogP contribution in [0.1, 0.15) is 51.7 Å². The van der Waals surface area contributed by atoms with Crippen molar-refractivity contribution in [3.63, 3.8) is 0 Å². The van der Waals surface area contributed by atoms with Gasteiger partial charge in [0.1, 0.15) is 22.9 Å². The fourth-order valence-corrected chi connectivity index (χ4v) is 6.07. The monoisotopic (exact) mass is 653 g/mol. The minimum atomic E-state index is -0.632. The van der Waals surface area contributed by atoms with Gasteiger partial charge in [0.2, 0.25) is 5.95 Å². The van der Waals surface area contributed by atoms with E-state index in [2.05, 4.69) is 60.7 Å². The summed E-state index contributed by atoms with van der Waals surface area (Å²) in [6.45, 7) is 20.4. The summed E-state index contributed by atoms with van der Waals surface area (Å²) in [6, 6.07) is 7.02. The smallest absolute Gasteiger partial charge is 0.229 e. The third kappa shape index (κ3) is 8.20. The molecular formula is C34H49F2N9S. The molecule has 4 aromatic rings. The van der Waals surface area contributed by atoms with Gasteiger partial charge in [0.25, 0.3) is 0 Å². The van der Waals surface area contributed by atoms with Gasteiger partial charge >= 0.3 is 0 Å². The summed E-state index contributed by atoms with van der Waals surface area (Å²) in [5.41, 5.74) is 3.13. The molecule has 0 bridgehead atoms. The number of fused-ring (bicyclic) bond motifs is 2. The Balaban J connectivity index is 0.00000116. The number of piperazine rings is 1. The molecule has 5 heterocycles. The number of pyridine rings is 1. The second-order valence-corrected chi connectivity index (χ2v) is 12.5. The lowest BCUT2D eigenvalue weighted by Crippen LogP contribution is -2.47. The van der Waals surface area contributed by atoms with Crippen molar-refractivity contribution in [2.75, 3.05) is 64.4 Å². The average Bonchev–Trinajstić information content (AvgIpc) is 3.40. The summed E-state index contributed by atoms with van der Waals surface area (Å²) in [7, 11) is 2.18. The van der Waals surface area contributed by atoms with Crippen molar-refractivity contribution in [1.82, 2.24) is 39.2 Å². The fourth-order valence-electron chi connectivity index (χ4n) is 6.07. The van der Waals surface area contributed by atoms with Crippen LogP contribution in [0.15, 0.2) is 30.5 Å². The average molecular weight is 654 g/mol. The molecule has 12 heteroatoms. The third-order valence-electron chi connectivity index (χ3n) is 8.27. The maximum absolute atomic E-state index is 15.2. The van der Waals surface area contributed by atoms with Crippen molar-refractivity contribution in [1.29, 1.82) is 0 Å². The summed E-state index contributed by atoms with van der Waals surface area (Å²) in [5.74, 6) is 0.336. The molecular weight excluding hydrogens is 605 g/mol. The van der Waals surface area contributed by atoms with E-state index in [1.54, 1.807) is 12.3 Å². The lowest BCUT2D eigenvalue weighted by molar-refractivity contribution is 0.131. The quantitative estimate of drug-likeness (QED) is 0.240. The Bertz CT molecular complexity index is 1610. The van der Waals surface area contributed by atoms with Crippen molar-refractivity contribution in [3.05, 3.63) is 59.2 Å². The maximum Gasteiger partial charge on any atom is 0.229 e. The zero-order chi connectivity index (χ0) is 33.6. The molecule has 250 valence electrons. The first kappa shape index (κ1) is 35.7. The predicted octanol–water partition coefficient (Wildman–Crippen LogP) is 6.15. The maximum atomic E-state index is 15.2. The highest BCUT2D eigenvalue weighted by atomic mass is 32.1. The Morgan fingerprint density at radius 2 is 1.59 bits per heavy atom. The number of imidazole rings is 1. The number of hydrogen-bond donors (Lipinski definition) is 2. The molecule has 1 fully saturated rings. The second kappa shape index (κ2) is 15.6. The first-order valence-electron chi connectivity index (χ1n) is 16.1. The van der Waals surface area contributed by atoms with Crippen LogP contribution < -0.4 is 5.32 Å². The van der Waals surface area contributed by atoms with Gasteiger partial charge in [-0.1, -0.05) is 19.9 Å². The van der Waals surface area contributed by atoms with E-state index in [1.807, 2.05) is 52.2 Å². The number of likely N-dealkylation sites (N-methyl/N-ethyl adjacent to an activating group) is 1. The highest BCUT2D eigenvalue weighted by molar-refractivity contribution is 7.79. The number of halogens is 2. The van der Waals surface area contributed by atoms with Crippen molar-refractivity contribution < 1.29 is 8.78 Å². The summed E-state index contributed by atoms with van der Waals surface area (Å²) >= 11 is 3.53. The normalized spacial score (nSPS) is 15.9. The van der Waals surface area contributed by atoms with Gasteiger partial charge in [-0.3, -0.25) is 9.80 Å². The van der Waals surface area contributed by atoms with E-state index < -0.39 is 11.6 Å². The zero-order valence-corrected chi connectivity index (χ0v) is 29.4. The number of benzene rings is 1. The minimum Gasteiger partial charge on any atom is -0.323 e. The van der Waals surface area contributed by atoms with E-state index in [0.717, 1.165) is 70.7 Å². The molecule has 6 rings (SSSR count). The Hall–Kier alpha value is -3.19. The van der Waals surface area contributed by atoms with Crippen LogP contribution in [-0.2, 0) is 18.5 Å². The largest absolute Gasteiger partial charge is 0.323 e. The van der Waals surface area contributed by atoms with Crippen LogP contribution in [0.3, 0.4) is 0 Å². The van der Waals surface area contributed by atoms with E-state index in [9.17, 15) is 0 Å². The molecule has 0 aliphatic carbocycles. The summed E-state index contributed by atoms with van der Waals surface area (Å²) in [6.07, 6.45) is 3.67. The number of nitrogens with zero attached hydrogens (tertiary/aromatic N) is 8. The van der Waals surface area contributed by atoms with E-state index >= 15 is 8.78 Å². The minimum absolute atomic E-state index is 0.0153. The number of nitrogens with one attached hydrogen (secondary N) is 1. The highest BCUT2D eigenvalue weighted by Gasteiger charge is 2.24. The number of thiol groups is 1. The number of anilines is 2. The topological polar surface area (TPSA) is 78.2 Å². The van der Waals surface area contributed by atoms with Gasteiger partial charge < -0.3 is 14.8 Å². The molecule has 2 aliphatic rings. The third-order valence-corrected chi connectivity index (χ3v) is 8.27. The molecule has 2 aliphatic heterocycles. The van der Waals surface area contributed by atoms with Crippen molar-refractivity contribution in [2.24, 2.45) is 0 Å². The fraction of sp³-hybridized carbons (Fsp3) is 0.529. The number of aryl methyl sites for hydroxylation is 1. The first-order chi connectivity index (χ1) is 22.0. The van der Waals surface area contributed by atoms with E-state index in [-0.39, 0.29) is 22.7 Å². The molecule has 3 aromatic heterocycles. The molecule has 0 amide bonds. The number of rotatable bonds is 6. The molecule has 1 aromatic carbocycles. The Labute approximate surface area is 277 Å². The molecule has 1 saturated heterocycles. The van der Waals surface area contributed by atoms with E-state index in [4.69, 9.17) is 4.98 Å². The standard InChI is InChI=1S/C31H39F2N9.C2H6.CH4S/c1-20-35-29-23(32)16-22(17-26(29)42(20)31(2,3)4)28-24(33)18-34-30(38-28)37-27-7-6-21-19-41(9-8-25(21)36-27)15-14-40-12-10-39(5)11-13-40;2*1-2/h6-7,16-18H,8-15,19H2,1-5H3,(H,34,36,37,38);1-2H3;2H,1H3.